The first-order chi connectivity index (χ1) is 12.1. The van der Waals surface area contributed by atoms with Gasteiger partial charge in [0.05, 0.1) is 29.3 Å². The standard InChI is InChI=1S/C18H18ClN3O3/c1-2-25-17(24)12-5-8-14-15(9-12)22-18(21-14)20-10-16(23)11-3-6-13(19)7-4-11/h3-9,16,23H,2,10H2,1H3,(H2,20,21,22). The van der Waals surface area contributed by atoms with Crippen molar-refractivity contribution in [2.45, 2.75) is 13.0 Å². The third-order valence-corrected chi connectivity index (χ3v) is 3.96. The summed E-state index contributed by atoms with van der Waals surface area (Å²) in [5.41, 5.74) is 2.66. The molecule has 0 saturated carbocycles. The highest BCUT2D eigenvalue weighted by Crippen LogP contribution is 2.19. The van der Waals surface area contributed by atoms with E-state index in [2.05, 4.69) is 15.3 Å². The van der Waals surface area contributed by atoms with Gasteiger partial charge in [-0.15, -0.1) is 0 Å². The van der Waals surface area contributed by atoms with E-state index in [0.717, 1.165) is 11.1 Å². The number of aliphatic hydroxyl groups excluding tert-OH is 1. The molecule has 0 amide bonds. The number of hydrogen-bond acceptors (Lipinski definition) is 5. The van der Waals surface area contributed by atoms with Gasteiger partial charge < -0.3 is 20.1 Å². The number of ether oxygens (including phenoxy) is 1. The summed E-state index contributed by atoms with van der Waals surface area (Å²) in [5.74, 6) is 0.149. The second-order valence-electron chi connectivity index (χ2n) is 5.49. The van der Waals surface area contributed by atoms with Crippen LogP contribution in [0.5, 0.6) is 0 Å². The van der Waals surface area contributed by atoms with Crippen molar-refractivity contribution >= 4 is 34.6 Å². The van der Waals surface area contributed by atoms with Crippen LogP contribution >= 0.6 is 11.6 Å². The van der Waals surface area contributed by atoms with Gasteiger partial charge in [0.1, 0.15) is 0 Å². The maximum absolute atomic E-state index is 11.8. The van der Waals surface area contributed by atoms with E-state index in [1.54, 1.807) is 49.4 Å². The number of anilines is 1. The van der Waals surface area contributed by atoms with E-state index in [9.17, 15) is 9.90 Å². The lowest BCUT2D eigenvalue weighted by atomic mass is 10.1. The smallest absolute Gasteiger partial charge is 0.338 e. The Hall–Kier alpha value is -2.57. The molecular formula is C18H18ClN3O3. The Morgan fingerprint density at radius 3 is 2.80 bits per heavy atom. The Kier molecular flexibility index (Phi) is 5.21. The topological polar surface area (TPSA) is 87.2 Å². The minimum absolute atomic E-state index is 0.284. The molecule has 1 atom stereocenters. The quantitative estimate of drug-likeness (QED) is 0.586. The highest BCUT2D eigenvalue weighted by molar-refractivity contribution is 6.30. The molecule has 1 unspecified atom stereocenters. The van der Waals surface area contributed by atoms with Crippen molar-refractivity contribution in [1.82, 2.24) is 9.97 Å². The van der Waals surface area contributed by atoms with Gasteiger partial charge in [-0.2, -0.15) is 0 Å². The van der Waals surface area contributed by atoms with E-state index in [1.165, 1.54) is 0 Å². The van der Waals surface area contributed by atoms with Crippen molar-refractivity contribution in [1.29, 1.82) is 0 Å². The molecular weight excluding hydrogens is 342 g/mol. The highest BCUT2D eigenvalue weighted by Gasteiger charge is 2.11. The fourth-order valence-corrected chi connectivity index (χ4v) is 2.56. The molecule has 0 aliphatic heterocycles. The third-order valence-electron chi connectivity index (χ3n) is 3.71. The lowest BCUT2D eigenvalue weighted by Crippen LogP contribution is -2.12. The summed E-state index contributed by atoms with van der Waals surface area (Å²) in [5, 5.41) is 13.9. The predicted molar refractivity (Wildman–Crippen MR) is 97.0 cm³/mol. The number of fused-ring (bicyclic) bond motifs is 1. The summed E-state index contributed by atoms with van der Waals surface area (Å²) in [4.78, 5) is 19.3. The van der Waals surface area contributed by atoms with Crippen molar-refractivity contribution in [3.05, 3.63) is 58.6 Å². The van der Waals surface area contributed by atoms with Crippen molar-refractivity contribution < 1.29 is 14.6 Å². The number of aliphatic hydroxyl groups is 1. The van der Waals surface area contributed by atoms with Gasteiger partial charge in [0.2, 0.25) is 5.95 Å². The number of imidazole rings is 1. The molecule has 130 valence electrons. The number of rotatable bonds is 6. The molecule has 1 aromatic heterocycles. The summed E-state index contributed by atoms with van der Waals surface area (Å²) in [6.07, 6.45) is -0.694. The number of aromatic amines is 1. The normalized spacial score (nSPS) is 12.1. The van der Waals surface area contributed by atoms with E-state index in [1.807, 2.05) is 0 Å². The van der Waals surface area contributed by atoms with Crippen molar-refractivity contribution in [3.63, 3.8) is 0 Å². The number of carbonyl (C=O) groups is 1. The highest BCUT2D eigenvalue weighted by atomic mass is 35.5. The predicted octanol–water partition coefficient (Wildman–Crippen LogP) is 3.54. The van der Waals surface area contributed by atoms with Crippen LogP contribution in [-0.4, -0.2) is 34.2 Å². The molecule has 0 fully saturated rings. The first-order valence-corrected chi connectivity index (χ1v) is 8.29. The summed E-state index contributed by atoms with van der Waals surface area (Å²) in [6, 6.07) is 12.1. The van der Waals surface area contributed by atoms with E-state index >= 15 is 0 Å². The minimum Gasteiger partial charge on any atom is -0.462 e. The zero-order valence-electron chi connectivity index (χ0n) is 13.6. The lowest BCUT2D eigenvalue weighted by molar-refractivity contribution is 0.0526. The largest absolute Gasteiger partial charge is 0.462 e. The first-order valence-electron chi connectivity index (χ1n) is 7.91. The second kappa shape index (κ2) is 7.55. The zero-order valence-corrected chi connectivity index (χ0v) is 14.4. The Morgan fingerprint density at radius 2 is 2.08 bits per heavy atom. The number of carbonyl (C=O) groups excluding carboxylic acids is 1. The molecule has 6 nitrogen and oxygen atoms in total. The molecule has 3 rings (SSSR count). The summed E-state index contributed by atoms with van der Waals surface area (Å²) >= 11 is 5.84. The average Bonchev–Trinajstić information content (AvgIpc) is 3.02. The third kappa shape index (κ3) is 4.10. The van der Waals surface area contributed by atoms with Gasteiger partial charge in [-0.3, -0.25) is 0 Å². The lowest BCUT2D eigenvalue weighted by Gasteiger charge is -2.11. The van der Waals surface area contributed by atoms with Gasteiger partial charge in [-0.25, -0.2) is 9.78 Å². The fraction of sp³-hybridized carbons (Fsp3) is 0.222. The van der Waals surface area contributed by atoms with E-state index in [4.69, 9.17) is 16.3 Å². The van der Waals surface area contributed by atoms with Crippen LogP contribution in [0.2, 0.25) is 5.02 Å². The molecule has 0 aliphatic rings. The molecule has 1 heterocycles. The van der Waals surface area contributed by atoms with Gasteiger partial charge in [0, 0.05) is 11.6 Å². The van der Waals surface area contributed by atoms with Crippen molar-refractivity contribution in [3.8, 4) is 0 Å². The molecule has 25 heavy (non-hydrogen) atoms. The number of hydrogen-bond donors (Lipinski definition) is 3. The molecule has 3 N–H and O–H groups in total. The van der Waals surface area contributed by atoms with E-state index in [0.29, 0.717) is 28.7 Å². The number of aromatic nitrogens is 2. The van der Waals surface area contributed by atoms with Gasteiger partial charge in [-0.05, 0) is 42.8 Å². The van der Waals surface area contributed by atoms with Crippen LogP contribution in [0.15, 0.2) is 42.5 Å². The maximum Gasteiger partial charge on any atom is 0.338 e. The molecule has 0 spiro atoms. The van der Waals surface area contributed by atoms with E-state index < -0.39 is 6.10 Å². The zero-order chi connectivity index (χ0) is 17.8. The van der Waals surface area contributed by atoms with Crippen LogP contribution in [0.25, 0.3) is 11.0 Å². The number of nitrogens with one attached hydrogen (secondary N) is 2. The van der Waals surface area contributed by atoms with Crippen LogP contribution in [0.4, 0.5) is 5.95 Å². The van der Waals surface area contributed by atoms with Crippen LogP contribution in [0, 0.1) is 0 Å². The summed E-state index contributed by atoms with van der Waals surface area (Å²) in [7, 11) is 0. The molecule has 2 aromatic carbocycles. The Balaban J connectivity index is 1.69. The second-order valence-corrected chi connectivity index (χ2v) is 5.92. The van der Waals surface area contributed by atoms with Gasteiger partial charge in [0.15, 0.2) is 0 Å². The maximum atomic E-state index is 11.8. The SMILES string of the molecule is CCOC(=O)c1ccc2nc(NCC(O)c3ccc(Cl)cc3)[nH]c2c1. The van der Waals surface area contributed by atoms with Crippen molar-refractivity contribution in [2.24, 2.45) is 0 Å². The molecule has 0 aliphatic carbocycles. The fourth-order valence-electron chi connectivity index (χ4n) is 2.43. The van der Waals surface area contributed by atoms with Crippen LogP contribution < -0.4 is 5.32 Å². The molecule has 0 saturated heterocycles. The number of esters is 1. The summed E-state index contributed by atoms with van der Waals surface area (Å²) < 4.78 is 4.99. The number of H-pyrrole nitrogens is 1. The number of nitrogens with zero attached hydrogens (tertiary/aromatic N) is 1. The number of halogens is 1. The van der Waals surface area contributed by atoms with Gasteiger partial charge in [0.25, 0.3) is 0 Å². The number of benzene rings is 2. The average molecular weight is 360 g/mol. The Morgan fingerprint density at radius 1 is 1.32 bits per heavy atom. The van der Waals surface area contributed by atoms with Gasteiger partial charge in [-0.1, -0.05) is 23.7 Å². The van der Waals surface area contributed by atoms with Crippen LogP contribution in [0.1, 0.15) is 28.9 Å². The Labute approximate surface area is 149 Å². The first kappa shape index (κ1) is 17.3. The summed E-state index contributed by atoms with van der Waals surface area (Å²) in [6.45, 7) is 2.38. The van der Waals surface area contributed by atoms with E-state index in [-0.39, 0.29) is 12.5 Å². The molecule has 0 bridgehead atoms. The molecule has 3 aromatic rings. The van der Waals surface area contributed by atoms with Crippen LogP contribution in [-0.2, 0) is 4.74 Å². The molecule has 7 heteroatoms. The van der Waals surface area contributed by atoms with Crippen molar-refractivity contribution in [2.75, 3.05) is 18.5 Å². The van der Waals surface area contributed by atoms with Gasteiger partial charge >= 0.3 is 5.97 Å². The molecule has 0 radical (unpaired) electrons. The van der Waals surface area contributed by atoms with Crippen LogP contribution in [0.3, 0.4) is 0 Å². The monoisotopic (exact) mass is 359 g/mol. The minimum atomic E-state index is -0.694. The Bertz CT molecular complexity index is 877.